The highest BCUT2D eigenvalue weighted by Gasteiger charge is 2.40. The second-order valence-electron chi connectivity index (χ2n) is 5.51. The first kappa shape index (κ1) is 12.4. The van der Waals surface area contributed by atoms with Crippen molar-refractivity contribution in [3.05, 3.63) is 23.3 Å². The zero-order chi connectivity index (χ0) is 12.6. The molecule has 0 aliphatic heterocycles. The van der Waals surface area contributed by atoms with Crippen LogP contribution in [0.2, 0.25) is 0 Å². The van der Waals surface area contributed by atoms with Crippen molar-refractivity contribution in [1.82, 2.24) is 0 Å². The third-order valence-electron chi connectivity index (χ3n) is 4.38. The van der Waals surface area contributed by atoms with E-state index in [1.807, 2.05) is 6.92 Å². The maximum atomic E-state index is 11.2. The lowest BCUT2D eigenvalue weighted by atomic mass is 9.69. The summed E-state index contributed by atoms with van der Waals surface area (Å²) < 4.78 is 0. The highest BCUT2D eigenvalue weighted by atomic mass is 16.4. The molecule has 3 atom stereocenters. The van der Waals surface area contributed by atoms with Crippen molar-refractivity contribution in [3.63, 3.8) is 0 Å². The molecule has 2 N–H and O–H groups in total. The fraction of sp³-hybridized carbons (Fsp3) is 0.643. The summed E-state index contributed by atoms with van der Waals surface area (Å²) in [5.41, 5.74) is 1.23. The van der Waals surface area contributed by atoms with Crippen molar-refractivity contribution in [2.45, 2.75) is 45.6 Å². The van der Waals surface area contributed by atoms with E-state index in [1.54, 1.807) is 6.08 Å². The molecule has 0 aromatic heterocycles. The van der Waals surface area contributed by atoms with E-state index in [9.17, 15) is 15.0 Å². The number of aliphatic hydroxyl groups excluding tert-OH is 1. The van der Waals surface area contributed by atoms with Gasteiger partial charge in [0, 0.05) is 11.0 Å². The van der Waals surface area contributed by atoms with Crippen LogP contribution in [0.1, 0.15) is 39.5 Å². The normalized spacial score (nSPS) is 37.6. The van der Waals surface area contributed by atoms with Gasteiger partial charge in [0.05, 0.1) is 6.10 Å². The molecule has 17 heavy (non-hydrogen) atoms. The van der Waals surface area contributed by atoms with Crippen LogP contribution in [0.25, 0.3) is 0 Å². The van der Waals surface area contributed by atoms with Gasteiger partial charge in [-0.3, -0.25) is 0 Å². The summed E-state index contributed by atoms with van der Waals surface area (Å²) in [7, 11) is 0. The number of aliphatic carboxylic acids is 1. The van der Waals surface area contributed by atoms with Gasteiger partial charge in [-0.05, 0) is 43.3 Å². The Morgan fingerprint density at radius 3 is 2.82 bits per heavy atom. The van der Waals surface area contributed by atoms with E-state index in [2.05, 4.69) is 13.0 Å². The molecule has 0 unspecified atom stereocenters. The van der Waals surface area contributed by atoms with Crippen molar-refractivity contribution in [2.75, 3.05) is 0 Å². The van der Waals surface area contributed by atoms with Crippen LogP contribution in [0.3, 0.4) is 0 Å². The molecule has 0 fully saturated rings. The van der Waals surface area contributed by atoms with Crippen molar-refractivity contribution in [2.24, 2.45) is 11.3 Å². The van der Waals surface area contributed by atoms with Crippen LogP contribution in [0, 0.1) is 11.3 Å². The second kappa shape index (κ2) is 4.30. The monoisotopic (exact) mass is 236 g/mol. The highest BCUT2D eigenvalue weighted by Crippen LogP contribution is 2.46. The Bertz CT molecular complexity index is 394. The second-order valence-corrected chi connectivity index (χ2v) is 5.51. The van der Waals surface area contributed by atoms with Gasteiger partial charge in [-0.25, -0.2) is 4.79 Å². The van der Waals surface area contributed by atoms with E-state index in [0.29, 0.717) is 5.57 Å². The Kier molecular flexibility index (Phi) is 3.13. The van der Waals surface area contributed by atoms with Gasteiger partial charge in [-0.1, -0.05) is 19.9 Å². The van der Waals surface area contributed by atoms with Crippen LogP contribution in [-0.4, -0.2) is 22.3 Å². The summed E-state index contributed by atoms with van der Waals surface area (Å²) in [5.74, 6) is -0.772. The molecule has 2 aliphatic carbocycles. The number of allylic oxidation sites excluding steroid dienone is 2. The lowest BCUT2D eigenvalue weighted by Crippen LogP contribution is -2.35. The molecule has 94 valence electrons. The standard InChI is InChI=1S/C14H20O3/c1-9-6-7-14(2)10(4-3-5-12(14)15)8-11(9)13(16)17/h4,8-9,12,15H,3,5-7H2,1-2H3,(H,16,17)/t9-,12-,14+/m1/s1. The zero-order valence-electron chi connectivity index (χ0n) is 10.4. The van der Waals surface area contributed by atoms with Crippen molar-refractivity contribution in [3.8, 4) is 0 Å². The fourth-order valence-electron chi connectivity index (χ4n) is 2.93. The lowest BCUT2D eigenvalue weighted by Gasteiger charge is -2.38. The molecule has 0 saturated carbocycles. The summed E-state index contributed by atoms with van der Waals surface area (Å²) >= 11 is 0. The van der Waals surface area contributed by atoms with Gasteiger partial charge in [0.15, 0.2) is 0 Å². The van der Waals surface area contributed by atoms with Crippen LogP contribution < -0.4 is 0 Å². The number of carboxylic acids is 1. The Hall–Kier alpha value is -1.09. The molecule has 3 heteroatoms. The molecule has 0 radical (unpaired) electrons. The van der Waals surface area contributed by atoms with Crippen molar-refractivity contribution < 1.29 is 15.0 Å². The van der Waals surface area contributed by atoms with Gasteiger partial charge in [0.2, 0.25) is 0 Å². The van der Waals surface area contributed by atoms with Crippen molar-refractivity contribution >= 4 is 5.97 Å². The molecule has 0 amide bonds. The summed E-state index contributed by atoms with van der Waals surface area (Å²) in [6.07, 6.45) is 6.83. The first-order chi connectivity index (χ1) is 7.95. The first-order valence-corrected chi connectivity index (χ1v) is 6.28. The van der Waals surface area contributed by atoms with Gasteiger partial charge in [0.1, 0.15) is 0 Å². The van der Waals surface area contributed by atoms with Crippen molar-refractivity contribution in [1.29, 1.82) is 0 Å². The van der Waals surface area contributed by atoms with Gasteiger partial charge >= 0.3 is 5.97 Å². The van der Waals surface area contributed by atoms with E-state index >= 15 is 0 Å². The Labute approximate surface area is 102 Å². The lowest BCUT2D eigenvalue weighted by molar-refractivity contribution is -0.133. The summed E-state index contributed by atoms with van der Waals surface area (Å²) in [4.78, 5) is 11.2. The molecule has 2 rings (SSSR count). The Morgan fingerprint density at radius 1 is 1.47 bits per heavy atom. The van der Waals surface area contributed by atoms with E-state index < -0.39 is 5.97 Å². The molecule has 0 spiro atoms. The van der Waals surface area contributed by atoms with E-state index in [1.165, 1.54) is 0 Å². The number of carbonyl (C=O) groups is 1. The summed E-state index contributed by atoms with van der Waals surface area (Å²) in [6, 6.07) is 0. The number of fused-ring (bicyclic) bond motifs is 1. The van der Waals surface area contributed by atoms with Gasteiger partial charge < -0.3 is 10.2 Å². The topological polar surface area (TPSA) is 57.5 Å². The van der Waals surface area contributed by atoms with Gasteiger partial charge in [-0.2, -0.15) is 0 Å². The molecule has 3 nitrogen and oxygen atoms in total. The average molecular weight is 236 g/mol. The predicted molar refractivity (Wildman–Crippen MR) is 65.5 cm³/mol. The van der Waals surface area contributed by atoms with Crippen LogP contribution in [0.5, 0.6) is 0 Å². The molecule has 0 bridgehead atoms. The van der Waals surface area contributed by atoms with Crippen LogP contribution >= 0.6 is 0 Å². The summed E-state index contributed by atoms with van der Waals surface area (Å²) in [5, 5.41) is 19.4. The fourth-order valence-corrected chi connectivity index (χ4v) is 2.93. The number of rotatable bonds is 1. The van der Waals surface area contributed by atoms with Crippen LogP contribution in [-0.2, 0) is 4.79 Å². The molecular weight excluding hydrogens is 216 g/mol. The van der Waals surface area contributed by atoms with Gasteiger partial charge in [-0.15, -0.1) is 0 Å². The minimum atomic E-state index is -0.831. The highest BCUT2D eigenvalue weighted by molar-refractivity contribution is 5.88. The first-order valence-electron chi connectivity index (χ1n) is 6.28. The number of carboxylic acid groups (broad SMARTS) is 1. The maximum absolute atomic E-state index is 11.2. The maximum Gasteiger partial charge on any atom is 0.331 e. The Balaban J connectivity index is 2.45. The third kappa shape index (κ3) is 2.04. The molecule has 0 aromatic carbocycles. The largest absolute Gasteiger partial charge is 0.478 e. The van der Waals surface area contributed by atoms with Crippen LogP contribution in [0.4, 0.5) is 0 Å². The Morgan fingerprint density at radius 2 is 2.18 bits per heavy atom. The molecular formula is C14H20O3. The third-order valence-corrected chi connectivity index (χ3v) is 4.38. The van der Waals surface area contributed by atoms with E-state index in [0.717, 1.165) is 31.3 Å². The quantitative estimate of drug-likeness (QED) is 0.735. The average Bonchev–Trinajstić information content (AvgIpc) is 2.40. The SMILES string of the molecule is C[C@@H]1CC[C@@]2(C)C(=CCC[C@H]2O)C=C1C(=O)O. The van der Waals surface area contributed by atoms with E-state index in [-0.39, 0.29) is 17.4 Å². The zero-order valence-corrected chi connectivity index (χ0v) is 10.4. The predicted octanol–water partition coefficient (Wildman–Crippen LogP) is 2.51. The minimum Gasteiger partial charge on any atom is -0.478 e. The molecule has 2 aliphatic rings. The smallest absolute Gasteiger partial charge is 0.331 e. The van der Waals surface area contributed by atoms with E-state index in [4.69, 9.17) is 0 Å². The van der Waals surface area contributed by atoms with Crippen LogP contribution in [0.15, 0.2) is 23.3 Å². The molecule has 0 heterocycles. The van der Waals surface area contributed by atoms with Gasteiger partial charge in [0.25, 0.3) is 0 Å². The number of aliphatic hydroxyl groups is 1. The number of hydrogen-bond donors (Lipinski definition) is 2. The number of hydrogen-bond acceptors (Lipinski definition) is 2. The molecule has 0 saturated heterocycles. The summed E-state index contributed by atoms with van der Waals surface area (Å²) in [6.45, 7) is 4.00. The molecule has 0 aromatic rings. The minimum absolute atomic E-state index is 0.0584.